The minimum Gasteiger partial charge on any atom is -0.367 e. The predicted molar refractivity (Wildman–Crippen MR) is 222 cm³/mol. The molecule has 1 aliphatic heterocycles. The lowest BCUT2D eigenvalue weighted by Gasteiger charge is -2.33. The monoisotopic (exact) mass is 821 g/mol. The Morgan fingerprint density at radius 1 is 0.862 bits per heavy atom. The van der Waals surface area contributed by atoms with Crippen LogP contribution in [-0.2, 0) is 35.8 Å². The first-order chi connectivity index (χ1) is 28.3. The van der Waals surface area contributed by atoms with E-state index < -0.39 is 14.4 Å². The van der Waals surface area contributed by atoms with Crippen LogP contribution in [-0.4, -0.2) is 123 Å². The van der Waals surface area contributed by atoms with E-state index in [2.05, 4.69) is 47.2 Å². The van der Waals surface area contributed by atoms with Gasteiger partial charge in [0.15, 0.2) is 8.38 Å². The first-order valence-corrected chi connectivity index (χ1v) is 22.2. The summed E-state index contributed by atoms with van der Waals surface area (Å²) in [5, 5.41) is 34.4. The average molecular weight is 822 g/mol. The van der Waals surface area contributed by atoms with Crippen LogP contribution in [0.15, 0.2) is 36.7 Å². The summed E-state index contributed by atoms with van der Waals surface area (Å²) in [6, 6.07) is 7.89. The highest BCUT2D eigenvalue weighted by atomic mass is 31.2. The van der Waals surface area contributed by atoms with Gasteiger partial charge in [0.1, 0.15) is 17.2 Å². The molecule has 4 heterocycles. The van der Waals surface area contributed by atoms with Crippen molar-refractivity contribution in [3.05, 3.63) is 48.0 Å². The van der Waals surface area contributed by atoms with Gasteiger partial charge < -0.3 is 47.0 Å². The van der Waals surface area contributed by atoms with Crippen molar-refractivity contribution < 1.29 is 19.4 Å². The molecule has 1 aliphatic carbocycles. The number of nitrogens with zero attached hydrogens (tertiary/aromatic N) is 9. The lowest BCUT2D eigenvalue weighted by molar-refractivity contribution is -0.132. The van der Waals surface area contributed by atoms with E-state index in [1.165, 1.54) is 36.8 Å². The number of fused-ring (bicyclic) bond motifs is 1. The van der Waals surface area contributed by atoms with Crippen LogP contribution in [0.4, 0.5) is 11.8 Å². The van der Waals surface area contributed by atoms with E-state index in [9.17, 15) is 9.59 Å². The van der Waals surface area contributed by atoms with Gasteiger partial charge in [-0.15, -0.1) is 10.2 Å². The number of amides is 2. The van der Waals surface area contributed by atoms with Crippen LogP contribution < -0.4 is 32.3 Å². The normalized spacial score (nSPS) is 15.9. The zero-order valence-corrected chi connectivity index (χ0v) is 34.2. The first kappa shape index (κ1) is 43.2. The molecule has 0 unspecified atom stereocenters. The van der Waals surface area contributed by atoms with Crippen LogP contribution in [0, 0.1) is 0 Å². The second-order valence-electron chi connectivity index (χ2n) is 15.2. The highest BCUT2D eigenvalue weighted by Crippen LogP contribution is 2.25. The molecule has 2 fully saturated rings. The number of rotatable bonds is 23. The maximum Gasteiger partial charge on any atom is 0.237 e. The molecule has 0 radical (unpaired) electrons. The Morgan fingerprint density at radius 2 is 1.59 bits per heavy atom. The maximum absolute atomic E-state index is 13.1. The van der Waals surface area contributed by atoms with Crippen LogP contribution in [0.25, 0.3) is 10.9 Å². The van der Waals surface area contributed by atoms with Crippen molar-refractivity contribution in [1.82, 2.24) is 60.8 Å². The fourth-order valence-electron chi connectivity index (χ4n) is 7.35. The molecule has 1 atom stereocenters. The lowest BCUT2D eigenvalue weighted by Crippen LogP contribution is -2.44. The number of nitrogens with two attached hydrogens (primary N) is 1. The molecule has 4 aromatic rings. The van der Waals surface area contributed by atoms with Crippen molar-refractivity contribution in [1.29, 1.82) is 0 Å². The highest BCUT2D eigenvalue weighted by molar-refractivity contribution is 7.45. The van der Waals surface area contributed by atoms with Crippen molar-refractivity contribution in [2.45, 2.75) is 115 Å². The summed E-state index contributed by atoms with van der Waals surface area (Å²) in [6.45, 7) is 5.90. The smallest absolute Gasteiger partial charge is 0.237 e. The Bertz CT molecular complexity index is 1860. The van der Waals surface area contributed by atoms with Crippen LogP contribution in [0.5, 0.6) is 0 Å². The van der Waals surface area contributed by atoms with Crippen LogP contribution in [0.1, 0.15) is 82.0 Å². The molecule has 316 valence electrons. The molecule has 6 rings (SSSR count). The van der Waals surface area contributed by atoms with E-state index in [0.29, 0.717) is 37.8 Å². The average Bonchev–Trinajstić information content (AvgIpc) is 3.91. The molecule has 2 aliphatic rings. The molecule has 0 bridgehead atoms. The summed E-state index contributed by atoms with van der Waals surface area (Å²) in [5.41, 5.74) is 8.26. The second kappa shape index (κ2) is 22.7. The number of piperidine rings is 1. The van der Waals surface area contributed by atoms with E-state index in [4.69, 9.17) is 25.5 Å². The molecular weight excluding hydrogens is 761 g/mol. The first-order valence-electron chi connectivity index (χ1n) is 20.7. The van der Waals surface area contributed by atoms with Crippen molar-refractivity contribution in [2.24, 2.45) is 5.73 Å². The Kier molecular flexibility index (Phi) is 16.9. The molecule has 1 aromatic carbocycles. The van der Waals surface area contributed by atoms with Gasteiger partial charge in [0.2, 0.25) is 17.8 Å². The number of hydrogen-bond acceptors (Lipinski definition) is 15. The van der Waals surface area contributed by atoms with Gasteiger partial charge in [0.05, 0.1) is 43.6 Å². The molecule has 2 amide bonds. The molecule has 0 spiro atoms. The number of benzene rings is 1. The molecule has 3 aromatic heterocycles. The summed E-state index contributed by atoms with van der Waals surface area (Å²) in [5.74, 6) is 0.830. The Morgan fingerprint density at radius 3 is 2.36 bits per heavy atom. The largest absolute Gasteiger partial charge is 0.367 e. The SMILES string of the molecule is N[C@@H](CCC(=O)N1CCC(Nc2nc(NCc3cn(CCCNCCCNC4CCCCC4)nn3)nc3ccccc23)CC1)C(=O)NCc1cn(CCP(O)O)nn1. The van der Waals surface area contributed by atoms with Gasteiger partial charge in [-0.05, 0) is 76.7 Å². The van der Waals surface area contributed by atoms with Gasteiger partial charge in [-0.25, -0.2) is 4.98 Å². The molecular formula is C38H60N15O4P. The van der Waals surface area contributed by atoms with E-state index in [1.807, 2.05) is 40.0 Å². The van der Waals surface area contributed by atoms with Crippen molar-refractivity contribution in [3.63, 3.8) is 0 Å². The maximum atomic E-state index is 13.1. The third-order valence-corrected chi connectivity index (χ3v) is 11.3. The van der Waals surface area contributed by atoms with E-state index in [-0.39, 0.29) is 43.4 Å². The molecule has 1 saturated heterocycles. The van der Waals surface area contributed by atoms with Crippen molar-refractivity contribution in [2.75, 3.05) is 49.5 Å². The summed E-state index contributed by atoms with van der Waals surface area (Å²) < 4.78 is 3.37. The Balaban J connectivity index is 0.882. The third-order valence-electron chi connectivity index (χ3n) is 10.7. The fraction of sp³-hybridized carbons (Fsp3) is 0.632. The molecule has 1 saturated carbocycles. The minimum absolute atomic E-state index is 0.0297. The van der Waals surface area contributed by atoms with E-state index in [0.717, 1.165) is 80.3 Å². The number of aryl methyl sites for hydroxylation is 2. The van der Waals surface area contributed by atoms with Crippen molar-refractivity contribution in [3.8, 4) is 0 Å². The van der Waals surface area contributed by atoms with Crippen LogP contribution in [0.3, 0.4) is 0 Å². The van der Waals surface area contributed by atoms with Crippen LogP contribution in [0.2, 0.25) is 0 Å². The molecule has 9 N–H and O–H groups in total. The van der Waals surface area contributed by atoms with Crippen LogP contribution >= 0.6 is 8.38 Å². The molecule has 58 heavy (non-hydrogen) atoms. The topological polar surface area (TPSA) is 251 Å². The quantitative estimate of drug-likeness (QED) is 0.0393. The second-order valence-corrected chi connectivity index (χ2v) is 16.4. The highest BCUT2D eigenvalue weighted by Gasteiger charge is 2.25. The summed E-state index contributed by atoms with van der Waals surface area (Å²) in [4.78, 5) is 55.2. The van der Waals surface area contributed by atoms with Crippen molar-refractivity contribution >= 4 is 42.9 Å². The number of likely N-dealkylation sites (tertiary alicyclic amines) is 1. The number of carbonyl (C=O) groups excluding carboxylic acids is 2. The number of carbonyl (C=O) groups is 2. The molecule has 20 heteroatoms. The van der Waals surface area contributed by atoms with Gasteiger partial charge >= 0.3 is 0 Å². The fourth-order valence-corrected chi connectivity index (χ4v) is 7.73. The zero-order valence-electron chi connectivity index (χ0n) is 33.3. The van der Waals surface area contributed by atoms with E-state index >= 15 is 0 Å². The number of anilines is 2. The standard InChI is InChI=1S/C38H60N15O4P/c39-33(37(55)42-24-30-27-53(50-47-30)22-23-58(56)57)12-13-35(54)51-20-14-29(15-21-51)44-36-32-10-4-5-11-34(32)45-38(46-36)43-25-31-26-52(49-48-31)19-7-17-40-16-6-18-41-28-8-2-1-3-9-28/h4-5,10-11,26-29,33,40-41,56-57H,1-3,6-9,12-25,39H2,(H,42,55)(H2,43,44,45,46)/t33-/m0/s1. The third kappa shape index (κ3) is 13.9. The van der Waals surface area contributed by atoms with Gasteiger partial charge in [-0.1, -0.05) is 41.8 Å². The molecule has 19 nitrogen and oxygen atoms in total. The van der Waals surface area contributed by atoms with E-state index in [1.54, 1.807) is 6.20 Å². The summed E-state index contributed by atoms with van der Waals surface area (Å²) >= 11 is 0. The summed E-state index contributed by atoms with van der Waals surface area (Å²) in [7, 11) is -2.01. The van der Waals surface area contributed by atoms with Gasteiger partial charge in [0, 0.05) is 49.7 Å². The summed E-state index contributed by atoms with van der Waals surface area (Å²) in [6.07, 6.45) is 14.6. The number of para-hydroxylation sites is 1. The number of nitrogens with one attached hydrogen (secondary N) is 5. The van der Waals surface area contributed by atoms with Gasteiger partial charge in [-0.2, -0.15) is 4.98 Å². The predicted octanol–water partition coefficient (Wildman–Crippen LogP) is 1.84. The Hall–Kier alpha value is -4.39. The van der Waals surface area contributed by atoms with Gasteiger partial charge in [-0.3, -0.25) is 19.0 Å². The number of hydrogen-bond donors (Lipinski definition) is 8. The zero-order chi connectivity index (χ0) is 40.5. The Labute approximate surface area is 340 Å². The number of aromatic nitrogens is 8. The minimum atomic E-state index is -2.01. The van der Waals surface area contributed by atoms with Gasteiger partial charge in [0.25, 0.3) is 0 Å². The lowest BCUT2D eigenvalue weighted by atomic mass is 9.95.